The first-order valence-electron chi connectivity index (χ1n) is 6.24. The van der Waals surface area contributed by atoms with Crippen molar-refractivity contribution in [1.82, 2.24) is 15.1 Å². The summed E-state index contributed by atoms with van der Waals surface area (Å²) >= 11 is 0. The molecule has 0 unspecified atom stereocenters. The predicted molar refractivity (Wildman–Crippen MR) is 66.4 cm³/mol. The van der Waals surface area contributed by atoms with Crippen molar-refractivity contribution < 1.29 is 4.79 Å². The van der Waals surface area contributed by atoms with Gasteiger partial charge in [-0.3, -0.25) is 9.48 Å². The van der Waals surface area contributed by atoms with Crippen LogP contribution in [0.5, 0.6) is 0 Å². The van der Waals surface area contributed by atoms with E-state index in [0.29, 0.717) is 11.9 Å². The minimum atomic E-state index is 0.0306. The molecule has 3 N–H and O–H groups in total. The number of carbonyl (C=O) groups is 1. The van der Waals surface area contributed by atoms with Crippen molar-refractivity contribution in [3.8, 4) is 0 Å². The van der Waals surface area contributed by atoms with E-state index in [4.69, 9.17) is 5.73 Å². The van der Waals surface area contributed by atoms with Gasteiger partial charge in [-0.25, -0.2) is 0 Å². The van der Waals surface area contributed by atoms with Crippen LogP contribution in [0.25, 0.3) is 0 Å². The van der Waals surface area contributed by atoms with E-state index in [1.54, 1.807) is 10.7 Å². The van der Waals surface area contributed by atoms with Crippen LogP contribution in [0.4, 0.5) is 5.82 Å². The molecule has 2 rings (SSSR count). The molecule has 1 heterocycles. The van der Waals surface area contributed by atoms with Gasteiger partial charge in [-0.05, 0) is 19.8 Å². The van der Waals surface area contributed by atoms with Crippen molar-refractivity contribution in [3.63, 3.8) is 0 Å². The van der Waals surface area contributed by atoms with Crippen LogP contribution < -0.4 is 11.1 Å². The third-order valence-corrected chi connectivity index (χ3v) is 3.26. The maximum absolute atomic E-state index is 11.8. The Hall–Kier alpha value is -1.52. The quantitative estimate of drug-likeness (QED) is 0.828. The van der Waals surface area contributed by atoms with Crippen LogP contribution in [0.1, 0.15) is 37.8 Å². The lowest BCUT2D eigenvalue weighted by atomic mass is 9.95. The summed E-state index contributed by atoms with van der Waals surface area (Å²) < 4.78 is 1.65. The lowest BCUT2D eigenvalue weighted by Crippen LogP contribution is -2.38. The number of anilines is 1. The number of rotatable bonds is 3. The Morgan fingerprint density at radius 1 is 1.53 bits per heavy atom. The molecule has 1 fully saturated rings. The van der Waals surface area contributed by atoms with Gasteiger partial charge in [-0.1, -0.05) is 19.3 Å². The summed E-state index contributed by atoms with van der Waals surface area (Å²) in [7, 11) is 0. The molecular weight excluding hydrogens is 216 g/mol. The molecule has 0 radical (unpaired) electrons. The first-order valence-corrected chi connectivity index (χ1v) is 6.24. The molecule has 1 saturated carbocycles. The van der Waals surface area contributed by atoms with Crippen LogP contribution in [0.2, 0.25) is 0 Å². The molecule has 1 aromatic heterocycles. The van der Waals surface area contributed by atoms with E-state index in [1.807, 2.05) is 6.92 Å². The fraction of sp³-hybridized carbons (Fsp3) is 0.667. The molecule has 0 aromatic carbocycles. The van der Waals surface area contributed by atoms with Crippen molar-refractivity contribution in [2.75, 3.05) is 5.73 Å². The summed E-state index contributed by atoms with van der Waals surface area (Å²) in [5, 5.41) is 7.14. The first-order chi connectivity index (χ1) is 8.15. The molecule has 0 aliphatic heterocycles. The zero-order valence-electron chi connectivity index (χ0n) is 10.3. The van der Waals surface area contributed by atoms with Crippen LogP contribution in [0.3, 0.4) is 0 Å². The summed E-state index contributed by atoms with van der Waals surface area (Å²) in [6, 6.07) is 2.12. The molecule has 0 spiro atoms. The number of amides is 1. The molecule has 0 bridgehead atoms. The molecule has 1 aliphatic rings. The van der Waals surface area contributed by atoms with Gasteiger partial charge in [-0.2, -0.15) is 5.10 Å². The van der Waals surface area contributed by atoms with E-state index in [0.717, 1.165) is 18.5 Å². The molecule has 1 amide bonds. The van der Waals surface area contributed by atoms with Gasteiger partial charge in [0.05, 0.1) is 0 Å². The maximum atomic E-state index is 11.8. The normalized spacial score (nSPS) is 17.0. The highest BCUT2D eigenvalue weighted by atomic mass is 16.2. The van der Waals surface area contributed by atoms with Crippen molar-refractivity contribution in [2.45, 2.75) is 51.6 Å². The lowest BCUT2D eigenvalue weighted by molar-refractivity contribution is -0.122. The van der Waals surface area contributed by atoms with Crippen molar-refractivity contribution >= 4 is 11.7 Å². The molecule has 17 heavy (non-hydrogen) atoms. The summed E-state index contributed by atoms with van der Waals surface area (Å²) in [6.45, 7) is 2.16. The smallest absolute Gasteiger partial charge is 0.241 e. The standard InChI is InChI=1S/C12H20N4O/c1-9-7-11(13)15-16(9)8-12(17)14-10-5-3-2-4-6-10/h7,10H,2-6,8H2,1H3,(H2,13,15)(H,14,17). The number of nitrogens with one attached hydrogen (secondary N) is 1. The molecule has 5 heteroatoms. The highest BCUT2D eigenvalue weighted by Gasteiger charge is 2.16. The lowest BCUT2D eigenvalue weighted by Gasteiger charge is -2.22. The second-order valence-electron chi connectivity index (χ2n) is 4.77. The molecule has 94 valence electrons. The summed E-state index contributed by atoms with van der Waals surface area (Å²) in [5.41, 5.74) is 6.49. The fourth-order valence-electron chi connectivity index (χ4n) is 2.35. The predicted octanol–water partition coefficient (Wildman–Crippen LogP) is 1.22. The highest BCUT2D eigenvalue weighted by molar-refractivity contribution is 5.76. The third kappa shape index (κ3) is 3.22. The zero-order valence-corrected chi connectivity index (χ0v) is 10.3. The number of hydrogen-bond acceptors (Lipinski definition) is 3. The summed E-state index contributed by atoms with van der Waals surface area (Å²) in [5.74, 6) is 0.496. The Kier molecular flexibility index (Phi) is 3.66. The average Bonchev–Trinajstić information content (AvgIpc) is 2.58. The van der Waals surface area contributed by atoms with E-state index in [-0.39, 0.29) is 12.5 Å². The topological polar surface area (TPSA) is 72.9 Å². The second-order valence-corrected chi connectivity index (χ2v) is 4.77. The van der Waals surface area contributed by atoms with Crippen LogP contribution in [0, 0.1) is 6.92 Å². The number of nitrogens with zero attached hydrogens (tertiary/aromatic N) is 2. The van der Waals surface area contributed by atoms with Gasteiger partial charge in [0.25, 0.3) is 0 Å². The van der Waals surface area contributed by atoms with Crippen molar-refractivity contribution in [1.29, 1.82) is 0 Å². The highest BCUT2D eigenvalue weighted by Crippen LogP contribution is 2.17. The molecular formula is C12H20N4O. The van der Waals surface area contributed by atoms with Gasteiger partial charge in [0.2, 0.25) is 5.91 Å². The van der Waals surface area contributed by atoms with Gasteiger partial charge in [-0.15, -0.1) is 0 Å². The number of nitrogens with two attached hydrogens (primary N) is 1. The number of aromatic nitrogens is 2. The van der Waals surface area contributed by atoms with Crippen LogP contribution >= 0.6 is 0 Å². The second kappa shape index (κ2) is 5.21. The Balaban J connectivity index is 1.86. The minimum absolute atomic E-state index is 0.0306. The maximum Gasteiger partial charge on any atom is 0.241 e. The van der Waals surface area contributed by atoms with E-state index in [1.165, 1.54) is 19.3 Å². The molecule has 0 atom stereocenters. The fourth-order valence-corrected chi connectivity index (χ4v) is 2.35. The van der Waals surface area contributed by atoms with Crippen LogP contribution in [0.15, 0.2) is 6.07 Å². The minimum Gasteiger partial charge on any atom is -0.382 e. The number of carbonyl (C=O) groups excluding carboxylic acids is 1. The SMILES string of the molecule is Cc1cc(N)nn1CC(=O)NC1CCCCC1. The Morgan fingerprint density at radius 2 is 2.24 bits per heavy atom. The van der Waals surface area contributed by atoms with Gasteiger partial charge < -0.3 is 11.1 Å². The van der Waals surface area contributed by atoms with Gasteiger partial charge in [0.15, 0.2) is 0 Å². The Morgan fingerprint density at radius 3 is 2.82 bits per heavy atom. The molecule has 0 saturated heterocycles. The number of hydrogen-bond donors (Lipinski definition) is 2. The van der Waals surface area contributed by atoms with Crippen LogP contribution in [-0.2, 0) is 11.3 Å². The Bertz CT molecular complexity index is 393. The van der Waals surface area contributed by atoms with Crippen molar-refractivity contribution in [2.24, 2.45) is 0 Å². The summed E-state index contributed by atoms with van der Waals surface area (Å²) in [4.78, 5) is 11.8. The summed E-state index contributed by atoms with van der Waals surface area (Å²) in [6.07, 6.45) is 5.94. The first kappa shape index (κ1) is 12.0. The monoisotopic (exact) mass is 236 g/mol. The molecule has 1 aromatic rings. The van der Waals surface area contributed by atoms with Gasteiger partial charge >= 0.3 is 0 Å². The van der Waals surface area contributed by atoms with Crippen molar-refractivity contribution in [3.05, 3.63) is 11.8 Å². The van der Waals surface area contributed by atoms with E-state index in [9.17, 15) is 4.79 Å². The number of nitrogen functional groups attached to an aromatic ring is 1. The molecule has 5 nitrogen and oxygen atoms in total. The van der Waals surface area contributed by atoms with E-state index in [2.05, 4.69) is 10.4 Å². The van der Waals surface area contributed by atoms with Crippen LogP contribution in [-0.4, -0.2) is 21.7 Å². The van der Waals surface area contributed by atoms with Gasteiger partial charge in [0.1, 0.15) is 12.4 Å². The Labute approximate surface area is 101 Å². The van der Waals surface area contributed by atoms with Gasteiger partial charge in [0, 0.05) is 17.8 Å². The largest absolute Gasteiger partial charge is 0.382 e. The average molecular weight is 236 g/mol. The third-order valence-electron chi connectivity index (χ3n) is 3.26. The zero-order chi connectivity index (χ0) is 12.3. The number of aryl methyl sites for hydroxylation is 1. The van der Waals surface area contributed by atoms with E-state index >= 15 is 0 Å². The molecule has 1 aliphatic carbocycles. The van der Waals surface area contributed by atoms with E-state index < -0.39 is 0 Å².